The summed E-state index contributed by atoms with van der Waals surface area (Å²) in [6.07, 6.45) is -4.99. The van der Waals surface area contributed by atoms with Gasteiger partial charge in [-0.3, -0.25) is 0 Å². The summed E-state index contributed by atoms with van der Waals surface area (Å²) in [5, 5.41) is 10.1. The zero-order chi connectivity index (χ0) is 29.7. The van der Waals surface area contributed by atoms with Crippen LogP contribution in [0.15, 0.2) is 121 Å². The molecule has 9 heteroatoms. The van der Waals surface area contributed by atoms with Crippen LogP contribution in [0.3, 0.4) is 0 Å². The first-order valence-corrected chi connectivity index (χ1v) is 12.9. The number of benzene rings is 4. The first kappa shape index (κ1) is 29.2. The summed E-state index contributed by atoms with van der Waals surface area (Å²) >= 11 is 0. The van der Waals surface area contributed by atoms with E-state index in [2.05, 4.69) is 0 Å². The van der Waals surface area contributed by atoms with E-state index in [1.54, 1.807) is 72.8 Å². The Bertz CT molecular complexity index is 1540. The Morgan fingerprint density at radius 2 is 0.881 bits per heavy atom. The van der Waals surface area contributed by atoms with Gasteiger partial charge in [-0.15, -0.1) is 0 Å². The van der Waals surface area contributed by atoms with Crippen LogP contribution in [0.25, 0.3) is 0 Å². The van der Waals surface area contributed by atoms with E-state index in [4.69, 9.17) is 18.9 Å². The number of rotatable bonds is 11. The maximum Gasteiger partial charge on any atom is 0.339 e. The zero-order valence-corrected chi connectivity index (χ0v) is 22.2. The third-order valence-electron chi connectivity index (χ3n) is 5.94. The number of ether oxygens (including phenoxy) is 4. The minimum absolute atomic E-state index is 0.128. The van der Waals surface area contributed by atoms with Gasteiger partial charge in [0.25, 0.3) is 0 Å². The van der Waals surface area contributed by atoms with Crippen molar-refractivity contribution in [1.29, 1.82) is 5.26 Å². The van der Waals surface area contributed by atoms with Crippen LogP contribution in [0, 0.1) is 11.3 Å². The fraction of sp³-hybridized carbons (Fsp3) is 0.121. The molecule has 0 aliphatic carbocycles. The Balaban J connectivity index is 1.67. The van der Waals surface area contributed by atoms with Gasteiger partial charge in [0, 0.05) is 0 Å². The second-order valence-corrected chi connectivity index (χ2v) is 8.83. The van der Waals surface area contributed by atoms with Crippen molar-refractivity contribution in [3.8, 4) is 6.07 Å². The summed E-state index contributed by atoms with van der Waals surface area (Å²) in [6.45, 7) is -0.625. The average Bonchev–Trinajstić information content (AvgIpc) is 3.05. The number of esters is 4. The molecule has 0 spiro atoms. The van der Waals surface area contributed by atoms with Crippen LogP contribution in [-0.4, -0.2) is 48.8 Å². The molecule has 4 aromatic carbocycles. The molecule has 0 N–H and O–H groups in total. The van der Waals surface area contributed by atoms with E-state index in [1.807, 2.05) is 6.07 Å². The number of nitriles is 1. The SMILES string of the molecule is N#C[C@H](OC(=O)c1ccccc1)[C@@H](OC(=O)c1ccccc1)[C@@H](COC(=O)c1ccccc1)OC(=O)c1ccccc1. The van der Waals surface area contributed by atoms with Gasteiger partial charge in [-0.1, -0.05) is 72.8 Å². The van der Waals surface area contributed by atoms with E-state index in [0.29, 0.717) is 0 Å². The molecule has 4 aromatic rings. The van der Waals surface area contributed by atoms with Crippen molar-refractivity contribution < 1.29 is 38.1 Å². The fourth-order valence-corrected chi connectivity index (χ4v) is 3.81. The Labute approximate surface area is 241 Å². The van der Waals surface area contributed by atoms with Crippen molar-refractivity contribution >= 4 is 23.9 Å². The number of hydrogen-bond acceptors (Lipinski definition) is 9. The van der Waals surface area contributed by atoms with Gasteiger partial charge in [0.15, 0.2) is 12.2 Å². The molecular formula is C33H25NO8. The van der Waals surface area contributed by atoms with Crippen LogP contribution in [0.5, 0.6) is 0 Å². The number of carbonyl (C=O) groups excluding carboxylic acids is 4. The van der Waals surface area contributed by atoms with Gasteiger partial charge in [-0.05, 0) is 48.5 Å². The number of carbonyl (C=O) groups is 4. The van der Waals surface area contributed by atoms with Crippen LogP contribution < -0.4 is 0 Å². The number of hydrogen-bond donors (Lipinski definition) is 0. The Hall–Kier alpha value is -5.75. The molecule has 0 amide bonds. The van der Waals surface area contributed by atoms with Gasteiger partial charge >= 0.3 is 23.9 Å². The maximum atomic E-state index is 13.1. The van der Waals surface area contributed by atoms with E-state index in [1.165, 1.54) is 48.5 Å². The Morgan fingerprint density at radius 3 is 1.29 bits per heavy atom. The van der Waals surface area contributed by atoms with Crippen LogP contribution in [0.4, 0.5) is 0 Å². The molecule has 210 valence electrons. The molecule has 0 fully saturated rings. The second kappa shape index (κ2) is 14.6. The highest BCUT2D eigenvalue weighted by Gasteiger charge is 2.40. The summed E-state index contributed by atoms with van der Waals surface area (Å²) in [5.41, 5.74) is 0.637. The minimum Gasteiger partial charge on any atom is -0.458 e. The smallest absolute Gasteiger partial charge is 0.339 e. The maximum absolute atomic E-state index is 13.1. The average molecular weight is 564 g/mol. The molecule has 3 atom stereocenters. The van der Waals surface area contributed by atoms with Crippen LogP contribution in [0.1, 0.15) is 41.4 Å². The van der Waals surface area contributed by atoms with Crippen molar-refractivity contribution in [3.63, 3.8) is 0 Å². The third kappa shape index (κ3) is 7.90. The van der Waals surface area contributed by atoms with Gasteiger partial charge in [0.2, 0.25) is 6.10 Å². The monoisotopic (exact) mass is 563 g/mol. The molecule has 0 aliphatic rings. The van der Waals surface area contributed by atoms with E-state index in [0.717, 1.165) is 0 Å². The van der Waals surface area contributed by atoms with E-state index in [9.17, 15) is 24.4 Å². The molecule has 0 bridgehead atoms. The fourth-order valence-electron chi connectivity index (χ4n) is 3.81. The molecule has 42 heavy (non-hydrogen) atoms. The van der Waals surface area contributed by atoms with Crippen LogP contribution in [-0.2, 0) is 18.9 Å². The molecule has 0 saturated carbocycles. The largest absolute Gasteiger partial charge is 0.458 e. The van der Waals surface area contributed by atoms with Crippen molar-refractivity contribution in [1.82, 2.24) is 0 Å². The van der Waals surface area contributed by atoms with Crippen molar-refractivity contribution in [3.05, 3.63) is 144 Å². The lowest BCUT2D eigenvalue weighted by atomic mass is 10.1. The van der Waals surface area contributed by atoms with E-state index >= 15 is 0 Å². The lowest BCUT2D eigenvalue weighted by Crippen LogP contribution is -2.47. The van der Waals surface area contributed by atoms with E-state index in [-0.39, 0.29) is 22.3 Å². The molecule has 4 rings (SSSR count). The first-order valence-electron chi connectivity index (χ1n) is 12.9. The normalized spacial score (nSPS) is 12.5. The molecule has 0 heterocycles. The molecular weight excluding hydrogens is 538 g/mol. The lowest BCUT2D eigenvalue weighted by molar-refractivity contribution is -0.0891. The standard InChI is InChI=1S/C33H25NO8/c34-21-27(40-31(36)24-15-7-2-8-16-24)29(42-33(38)26-19-11-4-12-20-26)28(41-32(37)25-17-9-3-10-18-25)22-39-30(35)23-13-5-1-6-14-23/h1-20,27-29H,22H2/t27-,28+,29+/m0/s1. The quantitative estimate of drug-likeness (QED) is 0.182. The van der Waals surface area contributed by atoms with E-state index < -0.39 is 48.8 Å². The van der Waals surface area contributed by atoms with Gasteiger partial charge < -0.3 is 18.9 Å². The van der Waals surface area contributed by atoms with Crippen molar-refractivity contribution in [2.75, 3.05) is 6.61 Å². The summed E-state index contributed by atoms with van der Waals surface area (Å²) in [6, 6.07) is 33.6. The summed E-state index contributed by atoms with van der Waals surface area (Å²) in [4.78, 5) is 51.9. The Morgan fingerprint density at radius 1 is 0.524 bits per heavy atom. The molecule has 0 aromatic heterocycles. The van der Waals surface area contributed by atoms with Crippen LogP contribution in [0.2, 0.25) is 0 Å². The molecule has 0 aliphatic heterocycles. The van der Waals surface area contributed by atoms with Crippen molar-refractivity contribution in [2.24, 2.45) is 0 Å². The highest BCUT2D eigenvalue weighted by Crippen LogP contribution is 2.20. The zero-order valence-electron chi connectivity index (χ0n) is 22.2. The topological polar surface area (TPSA) is 129 Å². The summed E-state index contributed by atoms with van der Waals surface area (Å²) < 4.78 is 22.2. The summed E-state index contributed by atoms with van der Waals surface area (Å²) in [5.74, 6) is -3.36. The van der Waals surface area contributed by atoms with Gasteiger partial charge in [-0.25, -0.2) is 19.2 Å². The minimum atomic E-state index is -1.76. The molecule has 0 saturated heterocycles. The van der Waals surface area contributed by atoms with Gasteiger partial charge in [-0.2, -0.15) is 5.26 Å². The Kier molecular flexibility index (Phi) is 10.2. The molecule has 0 radical (unpaired) electrons. The highest BCUT2D eigenvalue weighted by molar-refractivity contribution is 5.91. The lowest BCUT2D eigenvalue weighted by Gasteiger charge is -2.29. The molecule has 9 nitrogen and oxygen atoms in total. The predicted octanol–water partition coefficient (Wildman–Crippen LogP) is 5.04. The highest BCUT2D eigenvalue weighted by atomic mass is 16.6. The van der Waals surface area contributed by atoms with Gasteiger partial charge in [0.1, 0.15) is 12.7 Å². The predicted molar refractivity (Wildman–Crippen MR) is 149 cm³/mol. The third-order valence-corrected chi connectivity index (χ3v) is 5.94. The first-order chi connectivity index (χ1) is 20.5. The van der Waals surface area contributed by atoms with Gasteiger partial charge in [0.05, 0.1) is 22.3 Å². The van der Waals surface area contributed by atoms with Crippen molar-refractivity contribution in [2.45, 2.75) is 18.3 Å². The molecule has 0 unspecified atom stereocenters. The summed E-state index contributed by atoms with van der Waals surface area (Å²) in [7, 11) is 0. The van der Waals surface area contributed by atoms with Crippen LogP contribution >= 0.6 is 0 Å². The second-order valence-electron chi connectivity index (χ2n) is 8.83. The number of nitrogens with zero attached hydrogens (tertiary/aromatic N) is 1.